The molecule has 96 valence electrons. The summed E-state index contributed by atoms with van der Waals surface area (Å²) < 4.78 is 7.72. The highest BCUT2D eigenvalue weighted by molar-refractivity contribution is 5.54. The third-order valence-corrected chi connectivity index (χ3v) is 3.23. The molecule has 2 N–H and O–H groups in total. The monoisotopic (exact) mass is 238 g/mol. The first-order valence-electron chi connectivity index (χ1n) is 6.16. The lowest BCUT2D eigenvalue weighted by molar-refractivity contribution is 0.192. The number of hydrogen-bond acceptors (Lipinski definition) is 4. The van der Waals surface area contributed by atoms with Crippen molar-refractivity contribution in [2.24, 2.45) is 7.05 Å². The van der Waals surface area contributed by atoms with Crippen molar-refractivity contribution in [2.45, 2.75) is 32.3 Å². The number of nitrogens with zero attached hydrogens (tertiary/aromatic N) is 3. The first kappa shape index (κ1) is 12.2. The van der Waals surface area contributed by atoms with E-state index in [0.29, 0.717) is 17.5 Å². The van der Waals surface area contributed by atoms with Crippen LogP contribution in [0.4, 0.5) is 5.69 Å². The van der Waals surface area contributed by atoms with Gasteiger partial charge in [0.1, 0.15) is 11.8 Å². The Hall–Kier alpha value is -1.23. The van der Waals surface area contributed by atoms with E-state index in [-0.39, 0.29) is 6.10 Å². The molecule has 1 aromatic heterocycles. The summed E-state index contributed by atoms with van der Waals surface area (Å²) in [6.45, 7) is 6.22. The van der Waals surface area contributed by atoms with Gasteiger partial charge >= 0.3 is 0 Å². The van der Waals surface area contributed by atoms with Crippen LogP contribution in [-0.4, -0.2) is 40.9 Å². The van der Waals surface area contributed by atoms with Gasteiger partial charge in [0.05, 0.1) is 5.69 Å². The highest BCUT2D eigenvalue weighted by Crippen LogP contribution is 2.31. The summed E-state index contributed by atoms with van der Waals surface area (Å²) in [7, 11) is 3.99. The average molecular weight is 238 g/mol. The summed E-state index contributed by atoms with van der Waals surface area (Å²) in [4.78, 5) is 2.26. The second-order valence-electron chi connectivity index (χ2n) is 5.17. The number of hydrogen-bond donors (Lipinski definition) is 1. The van der Waals surface area contributed by atoms with E-state index in [2.05, 4.69) is 30.9 Å². The van der Waals surface area contributed by atoms with Gasteiger partial charge in [0, 0.05) is 20.1 Å². The van der Waals surface area contributed by atoms with E-state index in [1.54, 1.807) is 4.68 Å². The van der Waals surface area contributed by atoms with Crippen molar-refractivity contribution in [1.29, 1.82) is 0 Å². The molecule has 1 fully saturated rings. The van der Waals surface area contributed by atoms with Crippen LogP contribution < -0.4 is 10.5 Å². The summed E-state index contributed by atoms with van der Waals surface area (Å²) >= 11 is 0. The van der Waals surface area contributed by atoms with Crippen molar-refractivity contribution in [3.8, 4) is 5.88 Å². The molecule has 0 bridgehead atoms. The summed E-state index contributed by atoms with van der Waals surface area (Å²) in [5.41, 5.74) is 7.71. The highest BCUT2D eigenvalue weighted by Gasteiger charge is 2.25. The number of aromatic nitrogens is 2. The minimum absolute atomic E-state index is 0.234. The third kappa shape index (κ3) is 2.39. The first-order chi connectivity index (χ1) is 7.99. The van der Waals surface area contributed by atoms with Crippen LogP contribution in [0.25, 0.3) is 0 Å². The second kappa shape index (κ2) is 4.56. The van der Waals surface area contributed by atoms with Gasteiger partial charge in [-0.2, -0.15) is 5.10 Å². The van der Waals surface area contributed by atoms with Gasteiger partial charge in [-0.3, -0.25) is 0 Å². The van der Waals surface area contributed by atoms with Crippen molar-refractivity contribution < 1.29 is 4.74 Å². The molecule has 0 saturated carbocycles. The molecule has 1 aliphatic heterocycles. The molecule has 2 heterocycles. The molecule has 1 aliphatic rings. The second-order valence-corrected chi connectivity index (χ2v) is 5.17. The van der Waals surface area contributed by atoms with Crippen LogP contribution in [0.15, 0.2) is 0 Å². The normalized spacial score (nSPS) is 21.4. The quantitative estimate of drug-likeness (QED) is 0.860. The van der Waals surface area contributed by atoms with Crippen molar-refractivity contribution in [2.75, 3.05) is 25.9 Å². The fourth-order valence-electron chi connectivity index (χ4n) is 2.26. The van der Waals surface area contributed by atoms with Gasteiger partial charge in [-0.15, -0.1) is 0 Å². The number of rotatable bonds is 3. The molecule has 1 aromatic rings. The maximum atomic E-state index is 6.10. The van der Waals surface area contributed by atoms with Crippen LogP contribution in [0, 0.1) is 0 Å². The van der Waals surface area contributed by atoms with E-state index in [1.807, 2.05) is 7.05 Å². The molecule has 0 spiro atoms. The molecule has 1 atom stereocenters. The lowest BCUT2D eigenvalue weighted by Crippen LogP contribution is -2.22. The van der Waals surface area contributed by atoms with E-state index in [4.69, 9.17) is 10.5 Å². The topological polar surface area (TPSA) is 56.3 Å². The Morgan fingerprint density at radius 1 is 1.41 bits per heavy atom. The number of likely N-dealkylation sites (N-methyl/N-ethyl adjacent to an activating group) is 1. The van der Waals surface area contributed by atoms with E-state index >= 15 is 0 Å². The molecule has 5 nitrogen and oxygen atoms in total. The van der Waals surface area contributed by atoms with Crippen LogP contribution in [0.3, 0.4) is 0 Å². The van der Waals surface area contributed by atoms with Crippen LogP contribution >= 0.6 is 0 Å². The van der Waals surface area contributed by atoms with E-state index in [9.17, 15) is 0 Å². The Morgan fingerprint density at radius 3 is 2.59 bits per heavy atom. The van der Waals surface area contributed by atoms with Gasteiger partial charge in [-0.25, -0.2) is 4.68 Å². The lowest BCUT2D eigenvalue weighted by Gasteiger charge is -2.14. The van der Waals surface area contributed by atoms with Crippen LogP contribution in [0.5, 0.6) is 5.88 Å². The van der Waals surface area contributed by atoms with Crippen LogP contribution in [0.1, 0.15) is 31.9 Å². The SMILES string of the molecule is CC(C)c1nn(C)c(OC2CCN(C)C2)c1N. The van der Waals surface area contributed by atoms with Gasteiger partial charge in [0.15, 0.2) is 0 Å². The molecule has 2 rings (SSSR count). The molecule has 0 radical (unpaired) electrons. The summed E-state index contributed by atoms with van der Waals surface area (Å²) in [5, 5.41) is 4.42. The maximum absolute atomic E-state index is 6.10. The number of nitrogen functional groups attached to an aromatic ring is 1. The largest absolute Gasteiger partial charge is 0.472 e. The summed E-state index contributed by atoms with van der Waals surface area (Å²) in [6.07, 6.45) is 1.29. The first-order valence-corrected chi connectivity index (χ1v) is 6.16. The minimum Gasteiger partial charge on any atom is -0.472 e. The fraction of sp³-hybridized carbons (Fsp3) is 0.750. The fourth-order valence-corrected chi connectivity index (χ4v) is 2.26. The number of nitrogens with two attached hydrogens (primary N) is 1. The molecule has 1 saturated heterocycles. The van der Waals surface area contributed by atoms with E-state index in [1.165, 1.54) is 0 Å². The smallest absolute Gasteiger partial charge is 0.236 e. The molecule has 0 aliphatic carbocycles. The lowest BCUT2D eigenvalue weighted by atomic mass is 10.1. The zero-order chi connectivity index (χ0) is 12.6. The van der Waals surface area contributed by atoms with Gasteiger partial charge < -0.3 is 15.4 Å². The Labute approximate surface area is 103 Å². The van der Waals surface area contributed by atoms with Gasteiger partial charge in [0.25, 0.3) is 0 Å². The molecular weight excluding hydrogens is 216 g/mol. The predicted octanol–water partition coefficient (Wildman–Crippen LogP) is 1.21. The molecule has 1 unspecified atom stereocenters. The van der Waals surface area contributed by atoms with Crippen LogP contribution in [0.2, 0.25) is 0 Å². The Bertz CT molecular complexity index is 399. The van der Waals surface area contributed by atoms with E-state index in [0.717, 1.165) is 25.2 Å². The maximum Gasteiger partial charge on any atom is 0.236 e. The van der Waals surface area contributed by atoms with Crippen molar-refractivity contribution >= 4 is 5.69 Å². The Kier molecular flexibility index (Phi) is 3.28. The Balaban J connectivity index is 2.15. The molecular formula is C12H22N4O. The number of anilines is 1. The average Bonchev–Trinajstić information content (AvgIpc) is 2.77. The summed E-state index contributed by atoms with van der Waals surface area (Å²) in [5.74, 6) is 1.04. The van der Waals surface area contributed by atoms with Crippen molar-refractivity contribution in [1.82, 2.24) is 14.7 Å². The number of likely N-dealkylation sites (tertiary alicyclic amines) is 1. The zero-order valence-corrected chi connectivity index (χ0v) is 11.1. The van der Waals surface area contributed by atoms with E-state index < -0.39 is 0 Å². The van der Waals surface area contributed by atoms with Gasteiger partial charge in [-0.1, -0.05) is 13.8 Å². The number of aryl methyl sites for hydroxylation is 1. The third-order valence-electron chi connectivity index (χ3n) is 3.23. The Morgan fingerprint density at radius 2 is 2.12 bits per heavy atom. The van der Waals surface area contributed by atoms with Crippen molar-refractivity contribution in [3.05, 3.63) is 5.69 Å². The van der Waals surface area contributed by atoms with Gasteiger partial charge in [0.2, 0.25) is 5.88 Å². The number of ether oxygens (including phenoxy) is 1. The molecule has 0 aromatic carbocycles. The zero-order valence-electron chi connectivity index (χ0n) is 11.1. The van der Waals surface area contributed by atoms with Gasteiger partial charge in [-0.05, 0) is 19.4 Å². The standard InChI is InChI=1S/C12H22N4O/c1-8(2)11-10(13)12(16(4)14-11)17-9-5-6-15(3)7-9/h8-9H,5-7,13H2,1-4H3. The van der Waals surface area contributed by atoms with Crippen molar-refractivity contribution in [3.63, 3.8) is 0 Å². The van der Waals surface area contributed by atoms with Crippen LogP contribution in [-0.2, 0) is 7.05 Å². The highest BCUT2D eigenvalue weighted by atomic mass is 16.5. The molecule has 5 heteroatoms. The summed E-state index contributed by atoms with van der Waals surface area (Å²) in [6, 6.07) is 0. The minimum atomic E-state index is 0.234. The molecule has 0 amide bonds. The molecule has 17 heavy (non-hydrogen) atoms. The predicted molar refractivity (Wildman–Crippen MR) is 68.2 cm³/mol.